The summed E-state index contributed by atoms with van der Waals surface area (Å²) in [6.45, 7) is 2.76. The number of fused-ring (bicyclic) bond motifs is 1. The van der Waals surface area contributed by atoms with Gasteiger partial charge in [0.2, 0.25) is 5.91 Å². The average molecular weight is 482 g/mol. The molecule has 1 N–H and O–H groups in total. The largest absolute Gasteiger partial charge is 0.350 e. The standard InChI is InChI=1S/C30H35N5O/c1-22(35-21-28(24-14-18-31-19-15-24)27-13-7-17-33-29(27)35)8-6-12-26(23-9-2-3-10-23)30(36)34-20-25-11-4-5-16-32-25/h4-5,7,11,13-19,21-23,26H,2-3,6,8-10,12,20H2,1H3,(H,34,36). The number of nitrogens with zero attached hydrogens (tertiary/aromatic N) is 4. The van der Waals surface area contributed by atoms with E-state index in [1.165, 1.54) is 31.2 Å². The second-order valence-electron chi connectivity index (χ2n) is 10.0. The molecule has 1 saturated carbocycles. The summed E-state index contributed by atoms with van der Waals surface area (Å²) < 4.78 is 2.30. The van der Waals surface area contributed by atoms with E-state index in [9.17, 15) is 4.79 Å². The Morgan fingerprint density at radius 3 is 2.58 bits per heavy atom. The highest BCUT2D eigenvalue weighted by atomic mass is 16.1. The van der Waals surface area contributed by atoms with E-state index in [0.717, 1.165) is 41.6 Å². The summed E-state index contributed by atoms with van der Waals surface area (Å²) in [6.07, 6.45) is 17.3. The van der Waals surface area contributed by atoms with Gasteiger partial charge in [-0.1, -0.05) is 25.3 Å². The van der Waals surface area contributed by atoms with Gasteiger partial charge < -0.3 is 9.88 Å². The van der Waals surface area contributed by atoms with Gasteiger partial charge in [-0.25, -0.2) is 4.98 Å². The molecule has 2 atom stereocenters. The Labute approximate surface area is 213 Å². The topological polar surface area (TPSA) is 72.7 Å². The lowest BCUT2D eigenvalue weighted by molar-refractivity contribution is -0.127. The molecular weight excluding hydrogens is 446 g/mol. The number of hydrogen-bond donors (Lipinski definition) is 1. The van der Waals surface area contributed by atoms with E-state index in [1.807, 2.05) is 55.0 Å². The molecule has 36 heavy (non-hydrogen) atoms. The third-order valence-corrected chi connectivity index (χ3v) is 7.67. The maximum atomic E-state index is 13.2. The van der Waals surface area contributed by atoms with Crippen LogP contribution in [0.1, 0.15) is 63.6 Å². The SMILES string of the molecule is CC(CCCC(C(=O)NCc1ccccn1)C1CCCC1)n1cc(-c2ccncc2)c2cccnc21. The fourth-order valence-corrected chi connectivity index (χ4v) is 5.70. The van der Waals surface area contributed by atoms with Crippen LogP contribution < -0.4 is 5.32 Å². The second kappa shape index (κ2) is 11.5. The zero-order valence-electron chi connectivity index (χ0n) is 21.0. The summed E-state index contributed by atoms with van der Waals surface area (Å²) in [7, 11) is 0. The molecule has 6 heteroatoms. The van der Waals surface area contributed by atoms with E-state index in [1.54, 1.807) is 6.20 Å². The third-order valence-electron chi connectivity index (χ3n) is 7.67. The molecule has 0 saturated heterocycles. The maximum absolute atomic E-state index is 13.2. The molecule has 4 heterocycles. The first-order chi connectivity index (χ1) is 17.7. The summed E-state index contributed by atoms with van der Waals surface area (Å²) in [5, 5.41) is 4.33. The van der Waals surface area contributed by atoms with E-state index >= 15 is 0 Å². The average Bonchev–Trinajstić information content (AvgIpc) is 3.59. The van der Waals surface area contributed by atoms with Gasteiger partial charge in [0, 0.05) is 53.9 Å². The van der Waals surface area contributed by atoms with Crippen molar-refractivity contribution < 1.29 is 4.79 Å². The number of amides is 1. The van der Waals surface area contributed by atoms with Crippen molar-refractivity contribution >= 4 is 16.9 Å². The van der Waals surface area contributed by atoms with Crippen LogP contribution in [0.4, 0.5) is 0 Å². The van der Waals surface area contributed by atoms with Crippen LogP contribution in [0, 0.1) is 11.8 Å². The summed E-state index contributed by atoms with van der Waals surface area (Å²) in [5.41, 5.74) is 4.25. The number of nitrogens with one attached hydrogen (secondary N) is 1. The molecule has 1 aliphatic carbocycles. The van der Waals surface area contributed by atoms with Crippen molar-refractivity contribution in [3.63, 3.8) is 0 Å². The predicted molar refractivity (Wildman–Crippen MR) is 143 cm³/mol. The lowest BCUT2D eigenvalue weighted by atomic mass is 9.85. The molecule has 0 aromatic carbocycles. The predicted octanol–water partition coefficient (Wildman–Crippen LogP) is 6.35. The molecule has 0 radical (unpaired) electrons. The third kappa shape index (κ3) is 5.48. The van der Waals surface area contributed by atoms with Crippen molar-refractivity contribution in [1.82, 2.24) is 24.8 Å². The van der Waals surface area contributed by atoms with Gasteiger partial charge in [0.1, 0.15) is 5.65 Å². The Morgan fingerprint density at radius 2 is 1.81 bits per heavy atom. The van der Waals surface area contributed by atoms with Gasteiger partial charge in [0.15, 0.2) is 0 Å². The molecule has 5 rings (SSSR count). The zero-order valence-corrected chi connectivity index (χ0v) is 21.0. The molecule has 4 aromatic heterocycles. The maximum Gasteiger partial charge on any atom is 0.223 e. The Kier molecular flexibility index (Phi) is 7.70. The van der Waals surface area contributed by atoms with E-state index in [2.05, 4.69) is 39.0 Å². The van der Waals surface area contributed by atoms with E-state index < -0.39 is 0 Å². The molecule has 1 amide bonds. The molecule has 0 aliphatic heterocycles. The molecule has 0 spiro atoms. The minimum absolute atomic E-state index is 0.0790. The Balaban J connectivity index is 1.26. The van der Waals surface area contributed by atoms with Crippen molar-refractivity contribution in [2.24, 2.45) is 11.8 Å². The van der Waals surface area contributed by atoms with Gasteiger partial charge >= 0.3 is 0 Å². The van der Waals surface area contributed by atoms with Crippen molar-refractivity contribution in [2.45, 2.75) is 64.5 Å². The zero-order chi connectivity index (χ0) is 24.7. The molecule has 2 unspecified atom stereocenters. The highest BCUT2D eigenvalue weighted by Gasteiger charge is 2.30. The molecular formula is C30H35N5O. The van der Waals surface area contributed by atoms with Crippen LogP contribution in [0.3, 0.4) is 0 Å². The smallest absolute Gasteiger partial charge is 0.223 e. The van der Waals surface area contributed by atoms with Gasteiger partial charge in [-0.05, 0) is 80.5 Å². The molecule has 1 aliphatic rings. The van der Waals surface area contributed by atoms with Gasteiger partial charge in [-0.15, -0.1) is 0 Å². The number of carbonyl (C=O) groups excluding carboxylic acids is 1. The van der Waals surface area contributed by atoms with Crippen LogP contribution in [-0.4, -0.2) is 25.4 Å². The van der Waals surface area contributed by atoms with Crippen LogP contribution in [-0.2, 0) is 11.3 Å². The molecule has 6 nitrogen and oxygen atoms in total. The Morgan fingerprint density at radius 1 is 1.00 bits per heavy atom. The normalized spacial score (nSPS) is 15.7. The number of pyridine rings is 3. The van der Waals surface area contributed by atoms with Crippen molar-refractivity contribution in [2.75, 3.05) is 0 Å². The Bertz CT molecular complexity index is 1260. The highest BCUT2D eigenvalue weighted by molar-refractivity contribution is 5.94. The van der Waals surface area contributed by atoms with Gasteiger partial charge in [0.25, 0.3) is 0 Å². The van der Waals surface area contributed by atoms with Crippen LogP contribution in [0.15, 0.2) is 73.4 Å². The summed E-state index contributed by atoms with van der Waals surface area (Å²) in [4.78, 5) is 26.5. The number of hydrogen-bond acceptors (Lipinski definition) is 4. The minimum Gasteiger partial charge on any atom is -0.350 e. The van der Waals surface area contributed by atoms with Crippen molar-refractivity contribution in [3.8, 4) is 11.1 Å². The van der Waals surface area contributed by atoms with Gasteiger partial charge in [-0.2, -0.15) is 0 Å². The first-order valence-corrected chi connectivity index (χ1v) is 13.2. The van der Waals surface area contributed by atoms with Crippen LogP contribution >= 0.6 is 0 Å². The highest BCUT2D eigenvalue weighted by Crippen LogP contribution is 2.36. The molecule has 1 fully saturated rings. The van der Waals surface area contributed by atoms with Crippen LogP contribution in [0.2, 0.25) is 0 Å². The van der Waals surface area contributed by atoms with E-state index in [-0.39, 0.29) is 11.8 Å². The fourth-order valence-electron chi connectivity index (χ4n) is 5.70. The lowest BCUT2D eigenvalue weighted by Gasteiger charge is -2.23. The molecule has 4 aromatic rings. The number of carbonyl (C=O) groups is 1. The quantitative estimate of drug-likeness (QED) is 0.287. The van der Waals surface area contributed by atoms with Crippen LogP contribution in [0.25, 0.3) is 22.2 Å². The van der Waals surface area contributed by atoms with Gasteiger partial charge in [-0.3, -0.25) is 14.8 Å². The minimum atomic E-state index is 0.0790. The first-order valence-electron chi connectivity index (χ1n) is 13.2. The summed E-state index contributed by atoms with van der Waals surface area (Å²) >= 11 is 0. The summed E-state index contributed by atoms with van der Waals surface area (Å²) in [6, 6.07) is 14.4. The van der Waals surface area contributed by atoms with E-state index in [4.69, 9.17) is 4.98 Å². The number of rotatable bonds is 10. The van der Waals surface area contributed by atoms with Crippen molar-refractivity contribution in [1.29, 1.82) is 0 Å². The molecule has 0 bridgehead atoms. The number of aromatic nitrogens is 4. The van der Waals surface area contributed by atoms with Crippen molar-refractivity contribution in [3.05, 3.63) is 79.1 Å². The second-order valence-corrected chi connectivity index (χ2v) is 10.0. The Hall–Kier alpha value is -3.54. The van der Waals surface area contributed by atoms with Crippen LogP contribution in [0.5, 0.6) is 0 Å². The fraction of sp³-hybridized carbons (Fsp3) is 0.400. The monoisotopic (exact) mass is 481 g/mol. The summed E-state index contributed by atoms with van der Waals surface area (Å²) in [5.74, 6) is 0.764. The van der Waals surface area contributed by atoms with E-state index in [0.29, 0.717) is 18.5 Å². The first kappa shape index (κ1) is 24.2. The van der Waals surface area contributed by atoms with Gasteiger partial charge in [0.05, 0.1) is 12.2 Å². The lowest BCUT2D eigenvalue weighted by Crippen LogP contribution is -2.34. The molecule has 186 valence electrons.